The van der Waals surface area contributed by atoms with E-state index in [1.165, 1.54) is 4.90 Å². The zero-order valence-corrected chi connectivity index (χ0v) is 21.4. The molecule has 0 radical (unpaired) electrons. The third-order valence-corrected chi connectivity index (χ3v) is 8.30. The second kappa shape index (κ2) is 8.91. The van der Waals surface area contributed by atoms with Crippen molar-refractivity contribution in [2.24, 2.45) is 13.0 Å². The molecule has 2 fully saturated rings. The molecule has 1 saturated heterocycles. The van der Waals surface area contributed by atoms with E-state index in [9.17, 15) is 23.1 Å². The van der Waals surface area contributed by atoms with Gasteiger partial charge in [0.2, 0.25) is 0 Å². The number of aliphatic hydroxyl groups is 1. The van der Waals surface area contributed by atoms with E-state index in [2.05, 4.69) is 17.1 Å². The van der Waals surface area contributed by atoms with Crippen molar-refractivity contribution in [2.45, 2.75) is 57.0 Å². The Morgan fingerprint density at radius 2 is 1.97 bits per heavy atom. The molecule has 0 bridgehead atoms. The molecule has 6 rings (SSSR count). The second-order valence-electron chi connectivity index (χ2n) is 11.1. The summed E-state index contributed by atoms with van der Waals surface area (Å²) >= 11 is 0. The highest BCUT2D eigenvalue weighted by Crippen LogP contribution is 2.52. The minimum absolute atomic E-state index is 0.0124. The van der Waals surface area contributed by atoms with Crippen LogP contribution in [0.4, 0.5) is 18.9 Å². The van der Waals surface area contributed by atoms with Crippen LogP contribution in [0.15, 0.2) is 42.7 Å². The monoisotopic (exact) mass is 525 g/mol. The van der Waals surface area contributed by atoms with E-state index in [1.54, 1.807) is 18.5 Å². The van der Waals surface area contributed by atoms with Gasteiger partial charge >= 0.3 is 6.18 Å². The van der Waals surface area contributed by atoms with Crippen LogP contribution in [-0.2, 0) is 31.7 Å². The van der Waals surface area contributed by atoms with E-state index in [-0.39, 0.29) is 29.6 Å². The zero-order chi connectivity index (χ0) is 26.8. The average molecular weight is 526 g/mol. The van der Waals surface area contributed by atoms with Gasteiger partial charge in [-0.25, -0.2) is 0 Å². The van der Waals surface area contributed by atoms with Crippen molar-refractivity contribution in [1.82, 2.24) is 19.7 Å². The fourth-order valence-corrected chi connectivity index (χ4v) is 6.60. The molecule has 1 saturated carbocycles. The van der Waals surface area contributed by atoms with Crippen LogP contribution in [0.2, 0.25) is 0 Å². The predicted octanol–water partition coefficient (Wildman–Crippen LogP) is 4.28. The highest BCUT2D eigenvalue weighted by Gasteiger charge is 2.48. The van der Waals surface area contributed by atoms with Crippen LogP contribution in [0.3, 0.4) is 0 Å². The first-order valence-corrected chi connectivity index (χ1v) is 13.0. The normalized spacial score (nSPS) is 25.6. The fourth-order valence-electron chi connectivity index (χ4n) is 6.60. The Hall–Kier alpha value is -3.24. The quantitative estimate of drug-likeness (QED) is 0.539. The minimum atomic E-state index is -4.58. The molecule has 1 atom stereocenters. The molecule has 7 nitrogen and oxygen atoms in total. The number of carbonyl (C=O) groups is 1. The maximum Gasteiger partial charge on any atom is 0.416 e. The lowest BCUT2D eigenvalue weighted by molar-refractivity contribution is -0.138. The van der Waals surface area contributed by atoms with Gasteiger partial charge in [0.15, 0.2) is 0 Å². The lowest BCUT2D eigenvalue weighted by atomic mass is 9.58. The molecule has 2 aromatic carbocycles. The first-order chi connectivity index (χ1) is 18.0. The average Bonchev–Trinajstić information content (AvgIpc) is 3.55. The first-order valence-electron chi connectivity index (χ1n) is 13.0. The summed E-state index contributed by atoms with van der Waals surface area (Å²) in [7, 11) is 1.91. The van der Waals surface area contributed by atoms with Crippen molar-refractivity contribution in [3.63, 3.8) is 0 Å². The van der Waals surface area contributed by atoms with E-state index in [0.717, 1.165) is 30.3 Å². The van der Waals surface area contributed by atoms with Crippen molar-refractivity contribution >= 4 is 11.6 Å². The predicted molar refractivity (Wildman–Crippen MR) is 134 cm³/mol. The number of amides is 1. The summed E-state index contributed by atoms with van der Waals surface area (Å²) in [4.78, 5) is 16.9. The number of alkyl halides is 3. The number of carbonyl (C=O) groups excluding carboxylic acids is 1. The highest BCUT2D eigenvalue weighted by molar-refractivity contribution is 6.10. The topological polar surface area (TPSA) is 74.5 Å². The number of β-amino-alcohol motifs (C(OH)–C–C–N with tert-alkyl or cyclic N) is 1. The summed E-state index contributed by atoms with van der Waals surface area (Å²) in [6, 6.07) is 10.3. The molecular formula is C28H30F3N5O2. The third-order valence-electron chi connectivity index (χ3n) is 8.30. The summed E-state index contributed by atoms with van der Waals surface area (Å²) in [5, 5.41) is 18.3. The fraction of sp³-hybridized carbons (Fsp3) is 0.464. The van der Waals surface area contributed by atoms with Crippen molar-refractivity contribution in [2.75, 3.05) is 18.0 Å². The van der Waals surface area contributed by atoms with E-state index in [1.807, 2.05) is 34.7 Å². The van der Waals surface area contributed by atoms with Crippen LogP contribution < -0.4 is 4.90 Å². The van der Waals surface area contributed by atoms with Gasteiger partial charge in [-0.1, -0.05) is 19.1 Å². The summed E-state index contributed by atoms with van der Waals surface area (Å²) < 4.78 is 44.4. The molecule has 0 spiro atoms. The maximum atomic E-state index is 14.2. The number of fused-ring (bicyclic) bond motifs is 1. The number of anilines is 1. The number of hydrogen-bond acceptors (Lipinski definition) is 5. The molecule has 2 aliphatic heterocycles. The van der Waals surface area contributed by atoms with Gasteiger partial charge < -0.3 is 14.6 Å². The summed E-state index contributed by atoms with van der Waals surface area (Å²) in [5.74, 6) is 0.915. The summed E-state index contributed by atoms with van der Waals surface area (Å²) in [6.07, 6.45) is -1.04. The molecule has 1 aliphatic carbocycles. The third kappa shape index (κ3) is 4.10. The number of aliphatic hydroxyl groups excluding tert-OH is 1. The van der Waals surface area contributed by atoms with Crippen LogP contribution in [0, 0.1) is 5.92 Å². The van der Waals surface area contributed by atoms with Gasteiger partial charge in [0.05, 0.1) is 23.6 Å². The molecule has 1 N–H and O–H groups in total. The lowest BCUT2D eigenvalue weighted by Gasteiger charge is -2.46. The number of rotatable bonds is 5. The SMILES string of the molecule is CC1CC(c2cccc(N3Cc4c(cc(CN5CC[C@@H](O)C5)cc4C(F)(F)F)C3=O)c2)(c2nncn2C)C1. The standard InChI is InChI=1S/C28H30F3N5O2/c1-17-11-27(12-17,26-33-32-16-34(26)2)19-4-3-5-20(10-19)36-15-23-22(25(36)38)8-18(9-24(23)28(29,30)31)13-35-7-6-21(37)14-35/h3-5,8-10,16-17,21,37H,6-7,11-15H2,1-2H3/t17?,21-,27?/m1/s1. The van der Waals surface area contributed by atoms with Crippen LogP contribution in [0.1, 0.15) is 64.6 Å². The Kier molecular flexibility index (Phi) is 5.88. The summed E-state index contributed by atoms with van der Waals surface area (Å²) in [6.45, 7) is 3.32. The Bertz CT molecular complexity index is 1400. The van der Waals surface area contributed by atoms with Crippen molar-refractivity contribution in [3.05, 3.63) is 76.4 Å². The van der Waals surface area contributed by atoms with Crippen molar-refractivity contribution in [1.29, 1.82) is 0 Å². The smallest absolute Gasteiger partial charge is 0.392 e. The lowest BCUT2D eigenvalue weighted by Crippen LogP contribution is -2.43. The largest absolute Gasteiger partial charge is 0.416 e. The molecule has 3 heterocycles. The maximum absolute atomic E-state index is 14.2. The number of likely N-dealkylation sites (tertiary alicyclic amines) is 1. The van der Waals surface area contributed by atoms with Gasteiger partial charge in [0.1, 0.15) is 12.2 Å². The molecule has 3 aliphatic rings. The van der Waals surface area contributed by atoms with E-state index < -0.39 is 23.8 Å². The summed E-state index contributed by atoms with van der Waals surface area (Å²) in [5.41, 5.74) is 0.984. The number of aryl methyl sites for hydroxylation is 1. The first kappa shape index (κ1) is 25.1. The van der Waals surface area contributed by atoms with Crippen LogP contribution in [-0.4, -0.2) is 49.9 Å². The van der Waals surface area contributed by atoms with Gasteiger partial charge in [-0.3, -0.25) is 9.69 Å². The van der Waals surface area contributed by atoms with E-state index in [0.29, 0.717) is 36.7 Å². The Balaban J connectivity index is 1.35. The molecule has 38 heavy (non-hydrogen) atoms. The van der Waals surface area contributed by atoms with Gasteiger partial charge in [0, 0.05) is 37.9 Å². The Morgan fingerprint density at radius 3 is 2.61 bits per heavy atom. The Labute approximate surface area is 218 Å². The van der Waals surface area contributed by atoms with Crippen LogP contribution in [0.5, 0.6) is 0 Å². The number of aromatic nitrogens is 3. The molecule has 200 valence electrons. The molecule has 1 amide bonds. The minimum Gasteiger partial charge on any atom is -0.392 e. The van der Waals surface area contributed by atoms with Crippen LogP contribution >= 0.6 is 0 Å². The molecule has 0 unspecified atom stereocenters. The zero-order valence-electron chi connectivity index (χ0n) is 21.4. The van der Waals surface area contributed by atoms with Gasteiger partial charge in [-0.15, -0.1) is 10.2 Å². The second-order valence-corrected chi connectivity index (χ2v) is 11.1. The Morgan fingerprint density at radius 1 is 1.18 bits per heavy atom. The van der Waals surface area contributed by atoms with Gasteiger partial charge in [0.25, 0.3) is 5.91 Å². The van der Waals surface area contributed by atoms with Gasteiger partial charge in [-0.05, 0) is 66.1 Å². The highest BCUT2D eigenvalue weighted by atomic mass is 19.4. The van der Waals surface area contributed by atoms with Crippen LogP contribution in [0.25, 0.3) is 0 Å². The van der Waals surface area contributed by atoms with E-state index >= 15 is 0 Å². The molecular weight excluding hydrogens is 495 g/mol. The molecule has 1 aromatic heterocycles. The van der Waals surface area contributed by atoms with Crippen molar-refractivity contribution in [3.8, 4) is 0 Å². The number of nitrogens with zero attached hydrogens (tertiary/aromatic N) is 5. The molecule has 10 heteroatoms. The van der Waals surface area contributed by atoms with E-state index in [4.69, 9.17) is 0 Å². The number of benzene rings is 2. The number of hydrogen-bond donors (Lipinski definition) is 1. The number of halogens is 3. The van der Waals surface area contributed by atoms with Crippen molar-refractivity contribution < 1.29 is 23.1 Å². The molecule has 3 aromatic rings. The van der Waals surface area contributed by atoms with Gasteiger partial charge in [-0.2, -0.15) is 13.2 Å².